The van der Waals surface area contributed by atoms with Gasteiger partial charge >= 0.3 is 0 Å². The summed E-state index contributed by atoms with van der Waals surface area (Å²) in [6, 6.07) is 4.09. The number of nitrogens with zero attached hydrogens (tertiary/aromatic N) is 5. The molecule has 3 heterocycles. The van der Waals surface area contributed by atoms with Crippen LogP contribution in [0.15, 0.2) is 23.0 Å². The minimum atomic E-state index is -0.595. The van der Waals surface area contributed by atoms with E-state index in [1.807, 2.05) is 4.90 Å². The molecule has 2 aliphatic rings. The van der Waals surface area contributed by atoms with Gasteiger partial charge in [-0.3, -0.25) is 24.3 Å². The van der Waals surface area contributed by atoms with Crippen LogP contribution in [0, 0.1) is 10.1 Å². The van der Waals surface area contributed by atoms with Crippen LogP contribution in [0.2, 0.25) is 5.02 Å². The van der Waals surface area contributed by atoms with E-state index in [-0.39, 0.29) is 27.7 Å². The lowest BCUT2D eigenvalue weighted by molar-refractivity contribution is -0.384. The molecule has 172 valence electrons. The first kappa shape index (κ1) is 21.8. The first-order valence-electron chi connectivity index (χ1n) is 10.8. The Bertz CT molecular complexity index is 1340. The molecule has 2 aromatic heterocycles. The van der Waals surface area contributed by atoms with Crippen molar-refractivity contribution in [3.8, 4) is 0 Å². The van der Waals surface area contributed by atoms with Crippen LogP contribution in [-0.2, 0) is 19.9 Å². The Hall–Kier alpha value is -2.98. The molecule has 1 aliphatic carbocycles. The van der Waals surface area contributed by atoms with E-state index in [4.69, 9.17) is 16.6 Å². The maximum atomic E-state index is 13.2. The Kier molecular flexibility index (Phi) is 5.57. The van der Waals surface area contributed by atoms with Gasteiger partial charge in [-0.25, -0.2) is 4.98 Å². The van der Waals surface area contributed by atoms with Crippen molar-refractivity contribution in [2.75, 3.05) is 31.1 Å². The van der Waals surface area contributed by atoms with Crippen LogP contribution in [-0.4, -0.2) is 51.5 Å². The summed E-state index contributed by atoms with van der Waals surface area (Å²) < 4.78 is 1.62. The van der Waals surface area contributed by atoms with Crippen molar-refractivity contribution in [3.05, 3.63) is 59.7 Å². The second kappa shape index (κ2) is 8.42. The average Bonchev–Trinajstić information content (AvgIpc) is 3.20. The maximum absolute atomic E-state index is 13.2. The molecule has 9 nitrogen and oxygen atoms in total. The summed E-state index contributed by atoms with van der Waals surface area (Å²) in [7, 11) is 1.75. The number of carbonyl (C=O) groups is 1. The summed E-state index contributed by atoms with van der Waals surface area (Å²) in [5.41, 5.74) is 1.11. The smallest absolute Gasteiger partial charge is 0.288 e. The fraction of sp³-hybridized carbons (Fsp3) is 0.409. The molecule has 11 heteroatoms. The van der Waals surface area contributed by atoms with Crippen LogP contribution in [0.4, 0.5) is 11.6 Å². The standard InChI is InChI=1S/C22H22ClN5O4S/c1-25-21(30)18-14-4-2-3-5-17(14)33-19(18)24-22(25)27-10-8-26(9-11-27)20(29)13-6-7-15(23)16(12-13)28(31)32/h6-7,12H,2-5,8-11H2,1H3. The quantitative estimate of drug-likeness (QED) is 0.414. The van der Waals surface area contributed by atoms with Crippen LogP contribution in [0.5, 0.6) is 0 Å². The lowest BCUT2D eigenvalue weighted by Crippen LogP contribution is -2.50. The second-order valence-corrected chi connectivity index (χ2v) is 9.86. The molecule has 0 unspecified atom stereocenters. The molecule has 0 bridgehead atoms. The van der Waals surface area contributed by atoms with Gasteiger partial charge in [-0.1, -0.05) is 11.6 Å². The highest BCUT2D eigenvalue weighted by atomic mass is 35.5. The third-order valence-electron chi connectivity index (χ3n) is 6.41. The molecule has 1 saturated heterocycles. The highest BCUT2D eigenvalue weighted by Crippen LogP contribution is 2.34. The number of hydrogen-bond donors (Lipinski definition) is 0. The number of aryl methyl sites for hydroxylation is 2. The van der Waals surface area contributed by atoms with E-state index in [1.165, 1.54) is 28.6 Å². The van der Waals surface area contributed by atoms with Gasteiger partial charge in [0.2, 0.25) is 5.95 Å². The average molecular weight is 488 g/mol. The molecule has 0 atom stereocenters. The number of fused-ring (bicyclic) bond motifs is 3. The number of halogens is 1. The van der Waals surface area contributed by atoms with Gasteiger partial charge in [0.05, 0.1) is 10.3 Å². The number of rotatable bonds is 3. The molecule has 5 rings (SSSR count). The lowest BCUT2D eigenvalue weighted by Gasteiger charge is -2.35. The normalized spacial score (nSPS) is 16.2. The molecule has 0 spiro atoms. The van der Waals surface area contributed by atoms with E-state index in [9.17, 15) is 19.7 Å². The molecular weight excluding hydrogens is 466 g/mol. The molecule has 0 radical (unpaired) electrons. The first-order chi connectivity index (χ1) is 15.8. The number of hydrogen-bond acceptors (Lipinski definition) is 7. The van der Waals surface area contributed by atoms with E-state index in [0.29, 0.717) is 32.1 Å². The van der Waals surface area contributed by atoms with Crippen LogP contribution in [0.3, 0.4) is 0 Å². The van der Waals surface area contributed by atoms with Crippen molar-refractivity contribution in [1.82, 2.24) is 14.5 Å². The Labute approximate surface area is 198 Å². The summed E-state index contributed by atoms with van der Waals surface area (Å²) in [6.45, 7) is 1.87. The largest absolute Gasteiger partial charge is 0.339 e. The van der Waals surface area contributed by atoms with E-state index >= 15 is 0 Å². The van der Waals surface area contributed by atoms with Crippen molar-refractivity contribution < 1.29 is 9.72 Å². The predicted molar refractivity (Wildman–Crippen MR) is 128 cm³/mol. The van der Waals surface area contributed by atoms with Gasteiger partial charge in [0.25, 0.3) is 17.2 Å². The number of carbonyl (C=O) groups excluding carboxylic acids is 1. The minimum Gasteiger partial charge on any atom is -0.339 e. The Morgan fingerprint density at radius 1 is 1.18 bits per heavy atom. The second-order valence-electron chi connectivity index (χ2n) is 8.37. The first-order valence-corrected chi connectivity index (χ1v) is 12.0. The summed E-state index contributed by atoms with van der Waals surface area (Å²) in [6.07, 6.45) is 4.21. The third-order valence-corrected chi connectivity index (χ3v) is 7.92. The van der Waals surface area contributed by atoms with Gasteiger partial charge in [-0.15, -0.1) is 11.3 Å². The van der Waals surface area contributed by atoms with Gasteiger partial charge < -0.3 is 9.80 Å². The molecule has 33 heavy (non-hydrogen) atoms. The maximum Gasteiger partial charge on any atom is 0.288 e. The number of aromatic nitrogens is 2. The fourth-order valence-corrected chi connectivity index (χ4v) is 6.07. The van der Waals surface area contributed by atoms with Crippen molar-refractivity contribution in [2.24, 2.45) is 7.05 Å². The van der Waals surface area contributed by atoms with Crippen molar-refractivity contribution >= 4 is 50.7 Å². The van der Waals surface area contributed by atoms with Crippen LogP contribution < -0.4 is 10.5 Å². The molecule has 0 saturated carbocycles. The fourth-order valence-electron chi connectivity index (χ4n) is 4.64. The Morgan fingerprint density at radius 3 is 2.64 bits per heavy atom. The van der Waals surface area contributed by atoms with E-state index in [2.05, 4.69) is 0 Å². The number of anilines is 1. The number of thiophene rings is 1. The topological polar surface area (TPSA) is 102 Å². The highest BCUT2D eigenvalue weighted by Gasteiger charge is 2.28. The zero-order chi connectivity index (χ0) is 23.3. The lowest BCUT2D eigenvalue weighted by atomic mass is 9.97. The number of amides is 1. The van der Waals surface area contributed by atoms with Gasteiger partial charge in [-0.2, -0.15) is 0 Å². The van der Waals surface area contributed by atoms with Gasteiger partial charge in [0.1, 0.15) is 9.85 Å². The van der Waals surface area contributed by atoms with Gasteiger partial charge in [0.15, 0.2) is 0 Å². The highest BCUT2D eigenvalue weighted by molar-refractivity contribution is 7.18. The number of nitro groups is 1. The molecule has 1 aromatic carbocycles. The van der Waals surface area contributed by atoms with Gasteiger partial charge in [-0.05, 0) is 43.4 Å². The monoisotopic (exact) mass is 487 g/mol. The van der Waals surface area contributed by atoms with Crippen LogP contribution >= 0.6 is 22.9 Å². The van der Waals surface area contributed by atoms with E-state index < -0.39 is 4.92 Å². The summed E-state index contributed by atoms with van der Waals surface area (Å²) in [5, 5.41) is 11.9. The summed E-state index contributed by atoms with van der Waals surface area (Å²) in [5.74, 6) is 0.331. The van der Waals surface area contributed by atoms with Gasteiger partial charge in [0, 0.05) is 49.7 Å². The Morgan fingerprint density at radius 2 is 1.91 bits per heavy atom. The molecule has 0 N–H and O–H groups in total. The van der Waals surface area contributed by atoms with Crippen LogP contribution in [0.1, 0.15) is 33.6 Å². The number of nitro benzene ring substituents is 1. The van der Waals surface area contributed by atoms with Crippen molar-refractivity contribution in [2.45, 2.75) is 25.7 Å². The van der Waals surface area contributed by atoms with E-state index in [1.54, 1.807) is 27.9 Å². The zero-order valence-corrected chi connectivity index (χ0v) is 19.6. The molecule has 3 aromatic rings. The number of piperazine rings is 1. The molecule has 1 amide bonds. The molecule has 1 aliphatic heterocycles. The predicted octanol–water partition coefficient (Wildman–Crippen LogP) is 3.40. The summed E-state index contributed by atoms with van der Waals surface area (Å²) >= 11 is 7.49. The third kappa shape index (κ3) is 3.76. The Balaban J connectivity index is 1.37. The zero-order valence-electron chi connectivity index (χ0n) is 18.0. The van der Waals surface area contributed by atoms with E-state index in [0.717, 1.165) is 35.9 Å². The van der Waals surface area contributed by atoms with Crippen molar-refractivity contribution in [1.29, 1.82) is 0 Å². The van der Waals surface area contributed by atoms with Crippen LogP contribution in [0.25, 0.3) is 10.2 Å². The molecule has 1 fully saturated rings. The van der Waals surface area contributed by atoms with Crippen molar-refractivity contribution in [3.63, 3.8) is 0 Å². The summed E-state index contributed by atoms with van der Waals surface area (Å²) in [4.78, 5) is 47.2. The minimum absolute atomic E-state index is 0.000917. The number of benzene rings is 1. The SMILES string of the molecule is Cn1c(N2CCN(C(=O)c3ccc(Cl)c([N+](=O)[O-])c3)CC2)nc2sc3c(c2c1=O)CCCC3. The molecular formula is C22H22ClN5O4S.